The van der Waals surface area contributed by atoms with E-state index in [4.69, 9.17) is 23.2 Å². The average molecular weight is 296 g/mol. The number of hydrogen-bond acceptors (Lipinski definition) is 3. The fourth-order valence-electron chi connectivity index (χ4n) is 1.99. The van der Waals surface area contributed by atoms with E-state index in [1.165, 1.54) is 0 Å². The molecule has 7 heteroatoms. The highest BCUT2D eigenvalue weighted by atomic mass is 35.5. The molecule has 0 radical (unpaired) electrons. The Labute approximate surface area is 119 Å². The molecule has 5 nitrogen and oxygen atoms in total. The molecule has 0 saturated carbocycles. The normalized spacial score (nSPS) is 11.4. The van der Waals surface area contributed by atoms with Crippen molar-refractivity contribution in [3.05, 3.63) is 28.0 Å². The van der Waals surface area contributed by atoms with Crippen molar-refractivity contribution < 1.29 is 0 Å². The van der Waals surface area contributed by atoms with Gasteiger partial charge in [-0.3, -0.25) is 4.68 Å². The molecule has 0 bridgehead atoms. The largest absolute Gasteiger partial charge is 0.335 e. The van der Waals surface area contributed by atoms with Crippen molar-refractivity contribution in [2.75, 3.05) is 0 Å². The number of pyridine rings is 1. The van der Waals surface area contributed by atoms with Gasteiger partial charge >= 0.3 is 0 Å². The fraction of sp³-hybridized carbons (Fsp3) is 0.250. The van der Waals surface area contributed by atoms with E-state index >= 15 is 0 Å². The average Bonchev–Trinajstić information content (AvgIpc) is 2.93. The summed E-state index contributed by atoms with van der Waals surface area (Å²) < 4.78 is 1.89. The number of nitrogens with zero attached hydrogens (tertiary/aromatic N) is 4. The number of halogens is 2. The minimum absolute atomic E-state index is 0.257. The third-order valence-electron chi connectivity index (χ3n) is 2.83. The molecule has 0 aliphatic carbocycles. The molecule has 3 aromatic rings. The molecule has 0 unspecified atom stereocenters. The number of aromatic amines is 1. The molecule has 1 N–H and O–H groups in total. The van der Waals surface area contributed by atoms with Crippen LogP contribution in [0.3, 0.4) is 0 Å². The van der Waals surface area contributed by atoms with E-state index in [1.54, 1.807) is 6.07 Å². The standard InChI is InChI=1S/C12H11Cl2N5/c1-3-19-9(4-6(2)18-19)12-15-8-5-7(13)10(14)16-11(8)17-12/h4-5H,3H2,1-2H3,(H,15,16,17). The first-order valence-corrected chi connectivity index (χ1v) is 6.60. The quantitative estimate of drug-likeness (QED) is 0.737. The molecule has 0 spiro atoms. The van der Waals surface area contributed by atoms with Crippen molar-refractivity contribution in [1.82, 2.24) is 24.7 Å². The van der Waals surface area contributed by atoms with Crippen LogP contribution in [-0.2, 0) is 6.54 Å². The number of aromatic nitrogens is 5. The zero-order valence-electron chi connectivity index (χ0n) is 10.4. The van der Waals surface area contributed by atoms with Crippen LogP contribution in [-0.4, -0.2) is 24.7 Å². The smallest absolute Gasteiger partial charge is 0.179 e. The Balaban J connectivity index is 2.20. The highest BCUT2D eigenvalue weighted by molar-refractivity contribution is 6.41. The summed E-state index contributed by atoms with van der Waals surface area (Å²) in [6.07, 6.45) is 0. The first kappa shape index (κ1) is 12.4. The molecule has 0 atom stereocenters. The second kappa shape index (κ2) is 4.51. The van der Waals surface area contributed by atoms with Crippen LogP contribution < -0.4 is 0 Å². The summed E-state index contributed by atoms with van der Waals surface area (Å²) in [4.78, 5) is 11.8. The topological polar surface area (TPSA) is 59.4 Å². The highest BCUT2D eigenvalue weighted by Crippen LogP contribution is 2.26. The number of hydrogen-bond donors (Lipinski definition) is 1. The van der Waals surface area contributed by atoms with Gasteiger partial charge in [0.1, 0.15) is 10.8 Å². The van der Waals surface area contributed by atoms with E-state index in [1.807, 2.05) is 24.6 Å². The van der Waals surface area contributed by atoms with Crippen molar-refractivity contribution in [1.29, 1.82) is 0 Å². The second-order valence-electron chi connectivity index (χ2n) is 4.20. The van der Waals surface area contributed by atoms with Gasteiger partial charge in [-0.2, -0.15) is 5.10 Å². The molecule has 0 fully saturated rings. The summed E-state index contributed by atoms with van der Waals surface area (Å²) in [5, 5.41) is 5.06. The number of H-pyrrole nitrogens is 1. The van der Waals surface area contributed by atoms with Crippen LogP contribution >= 0.6 is 23.2 Å². The van der Waals surface area contributed by atoms with Crippen LogP contribution in [0.5, 0.6) is 0 Å². The van der Waals surface area contributed by atoms with E-state index < -0.39 is 0 Å². The van der Waals surface area contributed by atoms with Crippen molar-refractivity contribution in [3.8, 4) is 11.5 Å². The van der Waals surface area contributed by atoms with E-state index in [0.29, 0.717) is 16.5 Å². The van der Waals surface area contributed by atoms with Crippen molar-refractivity contribution >= 4 is 34.4 Å². The summed E-state index contributed by atoms with van der Waals surface area (Å²) in [5.41, 5.74) is 3.17. The number of aryl methyl sites for hydroxylation is 2. The SMILES string of the molecule is CCn1nc(C)cc1-c1nc2nc(Cl)c(Cl)cc2[nH]1. The highest BCUT2D eigenvalue weighted by Gasteiger charge is 2.13. The van der Waals surface area contributed by atoms with Gasteiger partial charge in [-0.25, -0.2) is 9.97 Å². The second-order valence-corrected chi connectivity index (χ2v) is 4.97. The number of rotatable bonds is 2. The lowest BCUT2D eigenvalue weighted by Crippen LogP contribution is -1.99. The summed E-state index contributed by atoms with van der Waals surface area (Å²) in [5.74, 6) is 0.711. The van der Waals surface area contributed by atoms with Gasteiger partial charge in [0.25, 0.3) is 0 Å². The lowest BCUT2D eigenvalue weighted by atomic mass is 10.3. The summed E-state index contributed by atoms with van der Waals surface area (Å²) in [6, 6.07) is 3.70. The minimum Gasteiger partial charge on any atom is -0.335 e. The van der Waals surface area contributed by atoms with E-state index in [2.05, 4.69) is 20.1 Å². The van der Waals surface area contributed by atoms with Crippen molar-refractivity contribution in [3.63, 3.8) is 0 Å². The molecular formula is C12H11Cl2N5. The van der Waals surface area contributed by atoms with Gasteiger partial charge in [-0.05, 0) is 26.0 Å². The Morgan fingerprint density at radius 2 is 2.05 bits per heavy atom. The van der Waals surface area contributed by atoms with Crippen LogP contribution in [0.1, 0.15) is 12.6 Å². The molecule has 0 amide bonds. The van der Waals surface area contributed by atoms with Crippen LogP contribution in [0.15, 0.2) is 12.1 Å². The van der Waals surface area contributed by atoms with Crippen LogP contribution in [0.25, 0.3) is 22.7 Å². The fourth-order valence-corrected chi connectivity index (χ4v) is 2.28. The maximum atomic E-state index is 5.95. The maximum absolute atomic E-state index is 5.95. The van der Waals surface area contributed by atoms with E-state index in [0.717, 1.165) is 23.4 Å². The molecule has 3 aromatic heterocycles. The monoisotopic (exact) mass is 295 g/mol. The van der Waals surface area contributed by atoms with Gasteiger partial charge in [-0.15, -0.1) is 0 Å². The Hall–Kier alpha value is -1.59. The predicted molar refractivity (Wildman–Crippen MR) is 75.5 cm³/mol. The van der Waals surface area contributed by atoms with Gasteiger partial charge in [-0.1, -0.05) is 23.2 Å². The maximum Gasteiger partial charge on any atom is 0.179 e. The zero-order valence-corrected chi connectivity index (χ0v) is 11.9. The minimum atomic E-state index is 0.257. The third-order valence-corrected chi connectivity index (χ3v) is 3.50. The summed E-state index contributed by atoms with van der Waals surface area (Å²) >= 11 is 11.8. The molecule has 0 saturated heterocycles. The van der Waals surface area contributed by atoms with E-state index in [-0.39, 0.29) is 5.15 Å². The van der Waals surface area contributed by atoms with Crippen LogP contribution in [0, 0.1) is 6.92 Å². The van der Waals surface area contributed by atoms with Gasteiger partial charge in [0.05, 0.1) is 16.2 Å². The number of nitrogens with one attached hydrogen (secondary N) is 1. The lowest BCUT2D eigenvalue weighted by Gasteiger charge is -1.99. The third kappa shape index (κ3) is 2.09. The van der Waals surface area contributed by atoms with Gasteiger partial charge < -0.3 is 4.98 Å². The van der Waals surface area contributed by atoms with Crippen molar-refractivity contribution in [2.45, 2.75) is 20.4 Å². The van der Waals surface area contributed by atoms with Gasteiger partial charge in [0.15, 0.2) is 11.5 Å². The molecule has 0 aliphatic heterocycles. The van der Waals surface area contributed by atoms with Gasteiger partial charge in [0.2, 0.25) is 0 Å². The zero-order chi connectivity index (χ0) is 13.6. The molecule has 3 heterocycles. The molecule has 19 heavy (non-hydrogen) atoms. The number of fused-ring (bicyclic) bond motifs is 1. The molecular weight excluding hydrogens is 285 g/mol. The first-order chi connectivity index (χ1) is 9.08. The summed E-state index contributed by atoms with van der Waals surface area (Å²) in [7, 11) is 0. The Bertz CT molecular complexity index is 720. The predicted octanol–water partition coefficient (Wildman–Crippen LogP) is 3.46. The Morgan fingerprint density at radius 3 is 2.79 bits per heavy atom. The van der Waals surface area contributed by atoms with Crippen LogP contribution in [0.2, 0.25) is 10.2 Å². The molecule has 0 aliphatic rings. The first-order valence-electron chi connectivity index (χ1n) is 5.85. The molecule has 0 aromatic carbocycles. The lowest BCUT2D eigenvalue weighted by molar-refractivity contribution is 0.658. The Morgan fingerprint density at radius 1 is 1.26 bits per heavy atom. The molecule has 98 valence electrons. The van der Waals surface area contributed by atoms with Crippen LogP contribution in [0.4, 0.5) is 0 Å². The van der Waals surface area contributed by atoms with E-state index in [9.17, 15) is 0 Å². The van der Waals surface area contributed by atoms with Gasteiger partial charge in [0, 0.05) is 6.54 Å². The number of imidazole rings is 1. The molecule has 3 rings (SSSR count). The van der Waals surface area contributed by atoms with Crippen molar-refractivity contribution in [2.24, 2.45) is 0 Å². The summed E-state index contributed by atoms with van der Waals surface area (Å²) in [6.45, 7) is 4.75. The Kier molecular flexibility index (Phi) is 2.95.